The zero-order valence-corrected chi connectivity index (χ0v) is 11.0. The molecule has 0 saturated carbocycles. The molecule has 0 aliphatic rings. The van der Waals surface area contributed by atoms with Crippen molar-refractivity contribution in [1.82, 2.24) is 10.3 Å². The normalized spacial score (nSPS) is 10.2. The van der Waals surface area contributed by atoms with Gasteiger partial charge in [-0.25, -0.2) is 9.78 Å². The second-order valence-corrected chi connectivity index (χ2v) is 4.87. The van der Waals surface area contributed by atoms with Crippen molar-refractivity contribution in [3.63, 3.8) is 0 Å². The number of carbonyl (C=O) groups is 2. The van der Waals surface area contributed by atoms with E-state index in [9.17, 15) is 9.59 Å². The molecule has 0 fully saturated rings. The molecule has 0 unspecified atom stereocenters. The molecule has 6 heteroatoms. The van der Waals surface area contributed by atoms with Gasteiger partial charge in [-0.15, -0.1) is 11.3 Å². The van der Waals surface area contributed by atoms with Crippen molar-refractivity contribution in [3.05, 3.63) is 51.5 Å². The van der Waals surface area contributed by atoms with Crippen LogP contribution in [0.5, 0.6) is 0 Å². The summed E-state index contributed by atoms with van der Waals surface area (Å²) in [5.74, 6) is -1.24. The van der Waals surface area contributed by atoms with Crippen molar-refractivity contribution in [2.24, 2.45) is 0 Å². The Bertz CT molecular complexity index is 605. The van der Waals surface area contributed by atoms with Gasteiger partial charge in [0.2, 0.25) is 0 Å². The average molecular weight is 276 g/mol. The monoisotopic (exact) mass is 276 g/mol. The molecule has 0 spiro atoms. The van der Waals surface area contributed by atoms with Crippen molar-refractivity contribution >= 4 is 23.2 Å². The standard InChI is InChI=1S/C13H12N2O3S/c1-8-11(19-7-15-8)6-14-12(16)9-2-4-10(5-3-9)13(17)18/h2-5,7H,6H2,1H3,(H,14,16)(H,17,18). The van der Waals surface area contributed by atoms with Gasteiger partial charge in [-0.2, -0.15) is 0 Å². The van der Waals surface area contributed by atoms with Gasteiger partial charge in [0.05, 0.1) is 23.3 Å². The van der Waals surface area contributed by atoms with E-state index in [0.29, 0.717) is 12.1 Å². The van der Waals surface area contributed by atoms with Crippen LogP contribution in [0, 0.1) is 6.92 Å². The summed E-state index contributed by atoms with van der Waals surface area (Å²) < 4.78 is 0. The number of aromatic carboxylic acids is 1. The molecule has 5 nitrogen and oxygen atoms in total. The summed E-state index contributed by atoms with van der Waals surface area (Å²) in [6.45, 7) is 2.32. The van der Waals surface area contributed by atoms with Crippen LogP contribution in [-0.4, -0.2) is 22.0 Å². The van der Waals surface area contributed by atoms with E-state index in [1.54, 1.807) is 5.51 Å². The van der Waals surface area contributed by atoms with Crippen molar-refractivity contribution in [1.29, 1.82) is 0 Å². The van der Waals surface area contributed by atoms with Crippen LogP contribution >= 0.6 is 11.3 Å². The van der Waals surface area contributed by atoms with Crippen molar-refractivity contribution < 1.29 is 14.7 Å². The highest BCUT2D eigenvalue weighted by Crippen LogP contribution is 2.12. The Hall–Kier alpha value is -2.21. The minimum Gasteiger partial charge on any atom is -0.478 e. The molecule has 0 aliphatic carbocycles. The Morgan fingerprint density at radius 2 is 1.89 bits per heavy atom. The topological polar surface area (TPSA) is 79.3 Å². The average Bonchev–Trinajstić information content (AvgIpc) is 2.81. The van der Waals surface area contributed by atoms with E-state index in [1.165, 1.54) is 35.6 Å². The minimum absolute atomic E-state index is 0.162. The van der Waals surface area contributed by atoms with Crippen LogP contribution in [0.4, 0.5) is 0 Å². The molecule has 2 N–H and O–H groups in total. The van der Waals surface area contributed by atoms with E-state index in [4.69, 9.17) is 5.11 Å². The lowest BCUT2D eigenvalue weighted by Gasteiger charge is -2.04. The van der Waals surface area contributed by atoms with Crippen LogP contribution in [0.25, 0.3) is 0 Å². The number of aromatic nitrogens is 1. The fourth-order valence-electron chi connectivity index (χ4n) is 1.52. The number of benzene rings is 1. The largest absolute Gasteiger partial charge is 0.478 e. The minimum atomic E-state index is -1.01. The molecule has 1 amide bonds. The lowest BCUT2D eigenvalue weighted by molar-refractivity contribution is 0.0696. The Morgan fingerprint density at radius 1 is 1.26 bits per heavy atom. The van der Waals surface area contributed by atoms with E-state index in [2.05, 4.69) is 10.3 Å². The maximum absolute atomic E-state index is 11.9. The zero-order chi connectivity index (χ0) is 13.8. The Morgan fingerprint density at radius 3 is 2.42 bits per heavy atom. The van der Waals surface area contributed by atoms with E-state index < -0.39 is 5.97 Å². The van der Waals surface area contributed by atoms with Crippen molar-refractivity contribution in [2.45, 2.75) is 13.5 Å². The van der Waals surface area contributed by atoms with Gasteiger partial charge in [0.1, 0.15) is 0 Å². The number of amides is 1. The van der Waals surface area contributed by atoms with Crippen LogP contribution in [0.2, 0.25) is 0 Å². The Kier molecular flexibility index (Phi) is 3.91. The van der Waals surface area contributed by atoms with Gasteiger partial charge in [0, 0.05) is 10.4 Å². The van der Waals surface area contributed by atoms with Crippen LogP contribution in [0.3, 0.4) is 0 Å². The maximum atomic E-state index is 11.9. The van der Waals surface area contributed by atoms with Crippen LogP contribution in [0.15, 0.2) is 29.8 Å². The highest BCUT2D eigenvalue weighted by atomic mass is 32.1. The lowest BCUT2D eigenvalue weighted by Crippen LogP contribution is -2.22. The number of rotatable bonds is 4. The van der Waals surface area contributed by atoms with Gasteiger partial charge in [0.15, 0.2) is 0 Å². The first kappa shape index (κ1) is 13.2. The van der Waals surface area contributed by atoms with E-state index in [1.807, 2.05) is 6.92 Å². The quantitative estimate of drug-likeness (QED) is 0.896. The number of nitrogens with zero attached hydrogens (tertiary/aromatic N) is 1. The summed E-state index contributed by atoms with van der Waals surface area (Å²) in [7, 11) is 0. The number of carbonyl (C=O) groups excluding carboxylic acids is 1. The molecule has 2 rings (SSSR count). The van der Waals surface area contributed by atoms with Gasteiger partial charge in [-0.05, 0) is 31.2 Å². The molecule has 0 atom stereocenters. The molecule has 1 aromatic heterocycles. The van der Waals surface area contributed by atoms with Crippen LogP contribution < -0.4 is 5.32 Å². The van der Waals surface area contributed by atoms with E-state index in [0.717, 1.165) is 10.6 Å². The molecule has 19 heavy (non-hydrogen) atoms. The second-order valence-electron chi connectivity index (χ2n) is 3.93. The van der Waals surface area contributed by atoms with E-state index >= 15 is 0 Å². The number of hydrogen-bond acceptors (Lipinski definition) is 4. The molecule has 1 aromatic carbocycles. The number of carboxylic acid groups (broad SMARTS) is 1. The summed E-state index contributed by atoms with van der Waals surface area (Å²) in [4.78, 5) is 27.7. The molecule has 1 heterocycles. The van der Waals surface area contributed by atoms with Gasteiger partial charge in [-0.1, -0.05) is 0 Å². The van der Waals surface area contributed by atoms with Crippen molar-refractivity contribution in [2.75, 3.05) is 0 Å². The summed E-state index contributed by atoms with van der Waals surface area (Å²) >= 11 is 1.49. The molecule has 98 valence electrons. The molecule has 2 aromatic rings. The Labute approximate surface area is 113 Å². The third-order valence-electron chi connectivity index (χ3n) is 2.65. The summed E-state index contributed by atoms with van der Waals surface area (Å²) in [6, 6.07) is 5.82. The number of hydrogen-bond donors (Lipinski definition) is 2. The number of thiazole rings is 1. The third kappa shape index (κ3) is 3.17. The predicted octanol–water partition coefficient (Wildman–Crippen LogP) is 2.08. The van der Waals surface area contributed by atoms with Gasteiger partial charge < -0.3 is 10.4 Å². The second kappa shape index (κ2) is 5.62. The van der Waals surface area contributed by atoms with Crippen molar-refractivity contribution in [3.8, 4) is 0 Å². The lowest BCUT2D eigenvalue weighted by atomic mass is 10.1. The molecular formula is C13H12N2O3S. The molecule has 0 saturated heterocycles. The summed E-state index contributed by atoms with van der Waals surface area (Å²) in [5.41, 5.74) is 3.24. The fraction of sp³-hybridized carbons (Fsp3) is 0.154. The van der Waals surface area contributed by atoms with E-state index in [-0.39, 0.29) is 11.5 Å². The summed E-state index contributed by atoms with van der Waals surface area (Å²) in [5, 5.41) is 11.5. The van der Waals surface area contributed by atoms with Crippen LogP contribution in [0.1, 0.15) is 31.3 Å². The number of carboxylic acids is 1. The van der Waals surface area contributed by atoms with Gasteiger partial charge in [-0.3, -0.25) is 4.79 Å². The molecule has 0 aliphatic heterocycles. The number of nitrogens with one attached hydrogen (secondary N) is 1. The summed E-state index contributed by atoms with van der Waals surface area (Å²) in [6.07, 6.45) is 0. The number of aryl methyl sites for hydroxylation is 1. The molecule has 0 radical (unpaired) electrons. The van der Waals surface area contributed by atoms with Crippen LogP contribution in [-0.2, 0) is 6.54 Å². The smallest absolute Gasteiger partial charge is 0.335 e. The first-order valence-corrected chi connectivity index (χ1v) is 6.46. The first-order valence-electron chi connectivity index (χ1n) is 5.58. The fourth-order valence-corrected chi connectivity index (χ4v) is 2.24. The first-order chi connectivity index (χ1) is 9.08. The SMILES string of the molecule is Cc1ncsc1CNC(=O)c1ccc(C(=O)O)cc1. The zero-order valence-electron chi connectivity index (χ0n) is 10.2. The molecular weight excluding hydrogens is 264 g/mol. The highest BCUT2D eigenvalue weighted by molar-refractivity contribution is 7.09. The van der Waals surface area contributed by atoms with Gasteiger partial charge in [0.25, 0.3) is 5.91 Å². The third-order valence-corrected chi connectivity index (χ3v) is 3.58. The molecule has 0 bridgehead atoms. The Balaban J connectivity index is 2.00. The maximum Gasteiger partial charge on any atom is 0.335 e. The highest BCUT2D eigenvalue weighted by Gasteiger charge is 2.09. The van der Waals surface area contributed by atoms with Gasteiger partial charge >= 0.3 is 5.97 Å². The predicted molar refractivity (Wildman–Crippen MR) is 71.4 cm³/mol.